The van der Waals surface area contributed by atoms with E-state index in [9.17, 15) is 5.11 Å². The number of aromatic nitrogens is 2. The second-order valence-electron chi connectivity index (χ2n) is 7.48. The molecule has 0 spiro atoms. The minimum Gasteiger partial charge on any atom is -0.396 e. The van der Waals surface area contributed by atoms with Crippen molar-refractivity contribution in [3.05, 3.63) is 53.9 Å². The van der Waals surface area contributed by atoms with Crippen LogP contribution in [0, 0.1) is 5.41 Å². The Balaban J connectivity index is 1.46. The van der Waals surface area contributed by atoms with E-state index in [1.54, 1.807) is 0 Å². The molecule has 4 heteroatoms. The first kappa shape index (κ1) is 18.2. The van der Waals surface area contributed by atoms with Crippen molar-refractivity contribution in [2.24, 2.45) is 5.41 Å². The van der Waals surface area contributed by atoms with Crippen LogP contribution in [-0.2, 0) is 19.5 Å². The highest BCUT2D eigenvalue weighted by molar-refractivity contribution is 5.14. The molecule has 0 bridgehead atoms. The molecule has 1 aliphatic heterocycles. The third kappa shape index (κ3) is 4.93. The van der Waals surface area contributed by atoms with E-state index in [0.717, 1.165) is 58.3 Å². The lowest BCUT2D eigenvalue weighted by Crippen LogP contribution is -2.41. The highest BCUT2D eigenvalue weighted by Gasteiger charge is 2.33. The standard InChI is InChI=1S/C21H31N3O/c1-2-24-17-20(15-22-24)16-23-13-11-21(18-25,12-14-23)10-6-9-19-7-4-3-5-8-19/h3-5,7-8,15,17,25H,2,6,9-14,16,18H2,1H3. The number of likely N-dealkylation sites (tertiary alicyclic amines) is 1. The molecule has 1 aliphatic rings. The Kier molecular flexibility index (Phi) is 6.27. The van der Waals surface area contributed by atoms with Crippen molar-refractivity contribution >= 4 is 0 Å². The van der Waals surface area contributed by atoms with Gasteiger partial charge >= 0.3 is 0 Å². The first-order chi connectivity index (χ1) is 12.2. The molecule has 0 aliphatic carbocycles. The quantitative estimate of drug-likeness (QED) is 0.799. The average molecular weight is 341 g/mol. The van der Waals surface area contributed by atoms with Crippen LogP contribution in [-0.4, -0.2) is 39.5 Å². The number of piperidine rings is 1. The van der Waals surface area contributed by atoms with Crippen LogP contribution in [0.3, 0.4) is 0 Å². The summed E-state index contributed by atoms with van der Waals surface area (Å²) in [6.45, 7) is 6.49. The lowest BCUT2D eigenvalue weighted by molar-refractivity contribution is 0.0330. The molecule has 3 rings (SSSR count). The number of benzene rings is 1. The maximum Gasteiger partial charge on any atom is 0.0534 e. The molecule has 2 heterocycles. The van der Waals surface area contributed by atoms with Gasteiger partial charge in [-0.25, -0.2) is 0 Å². The zero-order chi connectivity index (χ0) is 17.5. The minimum atomic E-state index is 0.124. The Morgan fingerprint density at radius 2 is 1.88 bits per heavy atom. The molecular formula is C21H31N3O. The maximum absolute atomic E-state index is 10.0. The summed E-state index contributed by atoms with van der Waals surface area (Å²) in [5.41, 5.74) is 2.82. The van der Waals surface area contributed by atoms with E-state index >= 15 is 0 Å². The van der Waals surface area contributed by atoms with Gasteiger partial charge in [-0.2, -0.15) is 5.10 Å². The molecule has 25 heavy (non-hydrogen) atoms. The zero-order valence-electron chi connectivity index (χ0n) is 15.4. The van der Waals surface area contributed by atoms with Gasteiger partial charge in [-0.1, -0.05) is 30.3 Å². The number of aliphatic hydroxyl groups excluding tert-OH is 1. The largest absolute Gasteiger partial charge is 0.396 e. The Bertz CT molecular complexity index is 630. The van der Waals surface area contributed by atoms with Crippen LogP contribution in [0.5, 0.6) is 0 Å². The van der Waals surface area contributed by atoms with Crippen molar-refractivity contribution in [1.29, 1.82) is 0 Å². The highest BCUT2D eigenvalue weighted by atomic mass is 16.3. The van der Waals surface area contributed by atoms with Crippen molar-refractivity contribution in [3.63, 3.8) is 0 Å². The molecule has 1 aromatic carbocycles. The van der Waals surface area contributed by atoms with Crippen LogP contribution in [0.4, 0.5) is 0 Å². The average Bonchev–Trinajstić information content (AvgIpc) is 3.12. The molecule has 2 aromatic rings. The van der Waals surface area contributed by atoms with E-state index in [4.69, 9.17) is 0 Å². The lowest BCUT2D eigenvalue weighted by atomic mass is 9.75. The number of hydrogen-bond donors (Lipinski definition) is 1. The van der Waals surface area contributed by atoms with Gasteiger partial charge in [0.25, 0.3) is 0 Å². The fourth-order valence-electron chi connectivity index (χ4n) is 3.90. The van der Waals surface area contributed by atoms with Gasteiger partial charge in [0.15, 0.2) is 0 Å². The molecule has 0 saturated carbocycles. The Labute approximate surface area is 151 Å². The predicted octanol–water partition coefficient (Wildman–Crippen LogP) is 3.50. The number of aryl methyl sites for hydroxylation is 2. The SMILES string of the molecule is CCn1cc(CN2CCC(CO)(CCCc3ccccc3)CC2)cn1. The molecule has 1 N–H and O–H groups in total. The fraction of sp³-hybridized carbons (Fsp3) is 0.571. The monoisotopic (exact) mass is 341 g/mol. The Hall–Kier alpha value is -1.65. The van der Waals surface area contributed by atoms with Crippen molar-refractivity contribution < 1.29 is 5.11 Å². The van der Waals surface area contributed by atoms with Gasteiger partial charge in [0, 0.05) is 31.5 Å². The summed E-state index contributed by atoms with van der Waals surface area (Å²) in [6.07, 6.45) is 9.72. The van der Waals surface area contributed by atoms with Gasteiger partial charge in [0.2, 0.25) is 0 Å². The summed E-state index contributed by atoms with van der Waals surface area (Å²) >= 11 is 0. The van der Waals surface area contributed by atoms with Gasteiger partial charge in [-0.15, -0.1) is 0 Å². The fourth-order valence-corrected chi connectivity index (χ4v) is 3.90. The smallest absolute Gasteiger partial charge is 0.0534 e. The van der Waals surface area contributed by atoms with Crippen LogP contribution < -0.4 is 0 Å². The molecule has 1 aromatic heterocycles. The molecule has 1 saturated heterocycles. The summed E-state index contributed by atoms with van der Waals surface area (Å²) in [7, 11) is 0. The zero-order valence-corrected chi connectivity index (χ0v) is 15.4. The summed E-state index contributed by atoms with van der Waals surface area (Å²) in [6, 6.07) is 10.7. The molecular weight excluding hydrogens is 310 g/mol. The van der Waals surface area contributed by atoms with Crippen molar-refractivity contribution in [2.45, 2.75) is 52.1 Å². The topological polar surface area (TPSA) is 41.3 Å². The van der Waals surface area contributed by atoms with Crippen molar-refractivity contribution in [3.8, 4) is 0 Å². The molecule has 0 radical (unpaired) electrons. The van der Waals surface area contributed by atoms with Crippen molar-refractivity contribution in [2.75, 3.05) is 19.7 Å². The van der Waals surface area contributed by atoms with Gasteiger partial charge in [0.05, 0.1) is 6.20 Å². The normalized spacial score (nSPS) is 17.7. The van der Waals surface area contributed by atoms with E-state index in [1.165, 1.54) is 11.1 Å². The first-order valence-electron chi connectivity index (χ1n) is 9.61. The molecule has 1 fully saturated rings. The molecule has 0 unspecified atom stereocenters. The van der Waals surface area contributed by atoms with Crippen LogP contribution in [0.1, 0.15) is 43.7 Å². The number of aliphatic hydroxyl groups is 1. The summed E-state index contributed by atoms with van der Waals surface area (Å²) < 4.78 is 1.99. The predicted molar refractivity (Wildman–Crippen MR) is 101 cm³/mol. The van der Waals surface area contributed by atoms with Crippen LogP contribution in [0.25, 0.3) is 0 Å². The minimum absolute atomic E-state index is 0.124. The van der Waals surface area contributed by atoms with Crippen LogP contribution >= 0.6 is 0 Å². The molecule has 0 amide bonds. The maximum atomic E-state index is 10.0. The third-order valence-electron chi connectivity index (χ3n) is 5.68. The van der Waals surface area contributed by atoms with E-state index in [1.807, 2.05) is 10.9 Å². The van der Waals surface area contributed by atoms with E-state index < -0.39 is 0 Å². The van der Waals surface area contributed by atoms with Gasteiger partial charge < -0.3 is 5.11 Å². The number of rotatable bonds is 8. The number of nitrogens with zero attached hydrogens (tertiary/aromatic N) is 3. The van der Waals surface area contributed by atoms with E-state index in [0.29, 0.717) is 6.61 Å². The molecule has 4 nitrogen and oxygen atoms in total. The Morgan fingerprint density at radius 1 is 1.12 bits per heavy atom. The van der Waals surface area contributed by atoms with Gasteiger partial charge in [0.1, 0.15) is 0 Å². The Morgan fingerprint density at radius 3 is 2.52 bits per heavy atom. The molecule has 0 atom stereocenters. The second kappa shape index (κ2) is 8.63. The summed E-state index contributed by atoms with van der Waals surface area (Å²) in [5.74, 6) is 0. The van der Waals surface area contributed by atoms with Crippen LogP contribution in [0.2, 0.25) is 0 Å². The van der Waals surface area contributed by atoms with Crippen molar-refractivity contribution in [1.82, 2.24) is 14.7 Å². The highest BCUT2D eigenvalue weighted by Crippen LogP contribution is 2.36. The van der Waals surface area contributed by atoms with Gasteiger partial charge in [-0.3, -0.25) is 9.58 Å². The van der Waals surface area contributed by atoms with E-state index in [2.05, 4.69) is 53.5 Å². The molecule has 136 valence electrons. The third-order valence-corrected chi connectivity index (χ3v) is 5.68. The summed E-state index contributed by atoms with van der Waals surface area (Å²) in [4.78, 5) is 2.50. The second-order valence-corrected chi connectivity index (χ2v) is 7.48. The van der Waals surface area contributed by atoms with E-state index in [-0.39, 0.29) is 5.41 Å². The van der Waals surface area contributed by atoms with Crippen LogP contribution in [0.15, 0.2) is 42.7 Å². The first-order valence-corrected chi connectivity index (χ1v) is 9.61. The number of hydrogen-bond acceptors (Lipinski definition) is 3. The van der Waals surface area contributed by atoms with Gasteiger partial charge in [-0.05, 0) is 63.1 Å². The lowest BCUT2D eigenvalue weighted by Gasteiger charge is -2.41. The summed E-state index contributed by atoms with van der Waals surface area (Å²) in [5, 5.41) is 14.4.